The SMILES string of the molecule is CCCC(C(=O)NN)N(CC)CCCN(C)C. The van der Waals surface area contributed by atoms with Crippen LogP contribution in [0.1, 0.15) is 33.1 Å². The second-order valence-corrected chi connectivity index (χ2v) is 4.60. The van der Waals surface area contributed by atoms with Gasteiger partial charge in [-0.05, 0) is 40.0 Å². The fraction of sp³-hybridized carbons (Fsp3) is 0.917. The van der Waals surface area contributed by atoms with Gasteiger partial charge in [0.15, 0.2) is 0 Å². The van der Waals surface area contributed by atoms with Gasteiger partial charge in [0.2, 0.25) is 0 Å². The molecule has 0 aromatic heterocycles. The van der Waals surface area contributed by atoms with Crippen molar-refractivity contribution in [2.75, 3.05) is 33.7 Å². The molecular formula is C12H28N4O. The molecule has 3 N–H and O–H groups in total. The maximum absolute atomic E-state index is 11.7. The van der Waals surface area contributed by atoms with Gasteiger partial charge in [0, 0.05) is 6.54 Å². The van der Waals surface area contributed by atoms with Crippen molar-refractivity contribution in [3.05, 3.63) is 0 Å². The highest BCUT2D eigenvalue weighted by Gasteiger charge is 2.22. The first-order valence-electron chi connectivity index (χ1n) is 6.46. The lowest BCUT2D eigenvalue weighted by atomic mass is 10.1. The molecule has 5 heteroatoms. The predicted octanol–water partition coefficient (Wildman–Crippen LogP) is 0.419. The molecule has 0 heterocycles. The number of hydrazine groups is 1. The molecule has 1 amide bonds. The summed E-state index contributed by atoms with van der Waals surface area (Å²) in [7, 11) is 4.12. The van der Waals surface area contributed by atoms with E-state index in [1.807, 2.05) is 0 Å². The summed E-state index contributed by atoms with van der Waals surface area (Å²) in [6.45, 7) is 7.03. The minimum absolute atomic E-state index is 0.0708. The molecule has 1 unspecified atom stereocenters. The lowest BCUT2D eigenvalue weighted by Gasteiger charge is -2.29. The third-order valence-corrected chi connectivity index (χ3v) is 2.90. The van der Waals surface area contributed by atoms with Crippen molar-refractivity contribution in [1.29, 1.82) is 0 Å². The van der Waals surface area contributed by atoms with Gasteiger partial charge in [0.25, 0.3) is 5.91 Å². The lowest BCUT2D eigenvalue weighted by molar-refractivity contribution is -0.126. The Morgan fingerprint density at radius 3 is 2.35 bits per heavy atom. The summed E-state index contributed by atoms with van der Waals surface area (Å²) in [5.41, 5.74) is 2.27. The highest BCUT2D eigenvalue weighted by molar-refractivity contribution is 5.81. The molecule has 0 aliphatic rings. The van der Waals surface area contributed by atoms with Gasteiger partial charge in [-0.3, -0.25) is 15.1 Å². The van der Waals surface area contributed by atoms with Gasteiger partial charge < -0.3 is 4.90 Å². The fourth-order valence-electron chi connectivity index (χ4n) is 1.97. The number of likely N-dealkylation sites (N-methyl/N-ethyl adjacent to an activating group) is 1. The average Bonchev–Trinajstić information content (AvgIpc) is 2.31. The van der Waals surface area contributed by atoms with E-state index in [9.17, 15) is 4.79 Å². The summed E-state index contributed by atoms with van der Waals surface area (Å²) < 4.78 is 0. The van der Waals surface area contributed by atoms with Gasteiger partial charge in [-0.2, -0.15) is 0 Å². The zero-order chi connectivity index (χ0) is 13.3. The smallest absolute Gasteiger partial charge is 0.251 e. The Morgan fingerprint density at radius 2 is 1.94 bits per heavy atom. The van der Waals surface area contributed by atoms with Gasteiger partial charge in [-0.1, -0.05) is 20.3 Å². The normalized spacial score (nSPS) is 13.1. The molecule has 0 fully saturated rings. The summed E-state index contributed by atoms with van der Waals surface area (Å²) >= 11 is 0. The Morgan fingerprint density at radius 1 is 1.29 bits per heavy atom. The van der Waals surface area contributed by atoms with Gasteiger partial charge in [-0.25, -0.2) is 5.84 Å². The summed E-state index contributed by atoms with van der Waals surface area (Å²) in [5.74, 6) is 5.17. The van der Waals surface area contributed by atoms with E-state index in [2.05, 4.69) is 43.2 Å². The molecule has 0 bridgehead atoms. The first-order chi connectivity index (χ1) is 8.06. The Balaban J connectivity index is 4.29. The Hall–Kier alpha value is -0.650. The van der Waals surface area contributed by atoms with Gasteiger partial charge in [-0.15, -0.1) is 0 Å². The minimum Gasteiger partial charge on any atom is -0.309 e. The quantitative estimate of drug-likeness (QED) is 0.350. The molecule has 1 atom stereocenters. The summed E-state index contributed by atoms with van der Waals surface area (Å²) in [4.78, 5) is 16.1. The molecule has 17 heavy (non-hydrogen) atoms. The highest BCUT2D eigenvalue weighted by Crippen LogP contribution is 2.08. The van der Waals surface area contributed by atoms with E-state index in [-0.39, 0.29) is 11.9 Å². The van der Waals surface area contributed by atoms with E-state index in [1.54, 1.807) is 0 Å². The van der Waals surface area contributed by atoms with Crippen LogP contribution < -0.4 is 11.3 Å². The third kappa shape index (κ3) is 6.61. The van der Waals surface area contributed by atoms with Crippen LogP contribution in [0.4, 0.5) is 0 Å². The number of nitrogens with two attached hydrogens (primary N) is 1. The molecule has 0 aliphatic heterocycles. The number of hydrogen-bond donors (Lipinski definition) is 2. The van der Waals surface area contributed by atoms with E-state index < -0.39 is 0 Å². The van der Waals surface area contributed by atoms with E-state index in [4.69, 9.17) is 5.84 Å². The largest absolute Gasteiger partial charge is 0.309 e. The molecular weight excluding hydrogens is 216 g/mol. The number of amides is 1. The molecule has 0 aromatic carbocycles. The van der Waals surface area contributed by atoms with Crippen LogP contribution in [0.3, 0.4) is 0 Å². The summed E-state index contributed by atoms with van der Waals surface area (Å²) in [6.07, 6.45) is 2.92. The van der Waals surface area contributed by atoms with Crippen LogP contribution in [0.5, 0.6) is 0 Å². The van der Waals surface area contributed by atoms with Crippen LogP contribution in [0, 0.1) is 0 Å². The molecule has 0 saturated carbocycles. The maximum atomic E-state index is 11.7. The van der Waals surface area contributed by atoms with Crippen LogP contribution in [0.25, 0.3) is 0 Å². The van der Waals surface area contributed by atoms with Crippen LogP contribution in [0.15, 0.2) is 0 Å². The zero-order valence-electron chi connectivity index (χ0n) is 11.7. The Labute approximate surface area is 105 Å². The van der Waals surface area contributed by atoms with Crippen molar-refractivity contribution in [3.8, 4) is 0 Å². The number of nitrogens with zero attached hydrogens (tertiary/aromatic N) is 2. The van der Waals surface area contributed by atoms with Crippen LogP contribution >= 0.6 is 0 Å². The highest BCUT2D eigenvalue weighted by atomic mass is 16.2. The minimum atomic E-state index is -0.0860. The second-order valence-electron chi connectivity index (χ2n) is 4.60. The van der Waals surface area contributed by atoms with Crippen molar-refractivity contribution in [2.24, 2.45) is 5.84 Å². The van der Waals surface area contributed by atoms with Crippen molar-refractivity contribution in [2.45, 2.75) is 39.2 Å². The zero-order valence-corrected chi connectivity index (χ0v) is 11.7. The molecule has 0 saturated heterocycles. The van der Waals surface area contributed by atoms with E-state index in [1.165, 1.54) is 0 Å². The van der Waals surface area contributed by atoms with Crippen molar-refractivity contribution in [3.63, 3.8) is 0 Å². The van der Waals surface area contributed by atoms with Crippen LogP contribution in [0.2, 0.25) is 0 Å². The number of rotatable bonds is 9. The first-order valence-corrected chi connectivity index (χ1v) is 6.46. The predicted molar refractivity (Wildman–Crippen MR) is 71.4 cm³/mol. The molecule has 0 aliphatic carbocycles. The monoisotopic (exact) mass is 244 g/mol. The second kappa shape index (κ2) is 9.39. The topological polar surface area (TPSA) is 61.6 Å². The molecule has 102 valence electrons. The van der Waals surface area contributed by atoms with E-state index in [0.29, 0.717) is 0 Å². The molecule has 5 nitrogen and oxygen atoms in total. The molecule has 0 aromatic rings. The van der Waals surface area contributed by atoms with E-state index in [0.717, 1.165) is 38.9 Å². The molecule has 0 radical (unpaired) electrons. The summed E-state index contributed by atoms with van der Waals surface area (Å²) in [6, 6.07) is -0.0860. The van der Waals surface area contributed by atoms with Gasteiger partial charge in [0.1, 0.15) is 0 Å². The van der Waals surface area contributed by atoms with Crippen LogP contribution in [-0.2, 0) is 4.79 Å². The standard InChI is InChI=1S/C12H28N4O/c1-5-8-11(12(17)14-13)16(6-2)10-7-9-15(3)4/h11H,5-10,13H2,1-4H3,(H,14,17). The number of carbonyl (C=O) groups excluding carboxylic acids is 1. The van der Waals surface area contributed by atoms with Crippen molar-refractivity contribution in [1.82, 2.24) is 15.2 Å². The van der Waals surface area contributed by atoms with Crippen molar-refractivity contribution >= 4 is 5.91 Å². The number of carbonyl (C=O) groups is 1. The first kappa shape index (κ1) is 16.4. The molecule has 0 rings (SSSR count). The number of nitrogens with one attached hydrogen (secondary N) is 1. The average molecular weight is 244 g/mol. The maximum Gasteiger partial charge on any atom is 0.251 e. The van der Waals surface area contributed by atoms with Gasteiger partial charge in [0.05, 0.1) is 6.04 Å². The van der Waals surface area contributed by atoms with Gasteiger partial charge >= 0.3 is 0 Å². The third-order valence-electron chi connectivity index (χ3n) is 2.90. The van der Waals surface area contributed by atoms with Crippen LogP contribution in [-0.4, -0.2) is 55.5 Å². The number of hydrogen-bond acceptors (Lipinski definition) is 4. The van der Waals surface area contributed by atoms with Crippen molar-refractivity contribution < 1.29 is 4.79 Å². The fourth-order valence-corrected chi connectivity index (χ4v) is 1.97. The summed E-state index contributed by atoms with van der Waals surface area (Å²) in [5, 5.41) is 0. The Bertz CT molecular complexity index is 209. The Kier molecular flexibility index (Phi) is 9.03. The van der Waals surface area contributed by atoms with E-state index >= 15 is 0 Å². The lowest BCUT2D eigenvalue weighted by Crippen LogP contribution is -2.49. The molecule has 0 spiro atoms.